The van der Waals surface area contributed by atoms with Crippen molar-refractivity contribution in [2.45, 2.75) is 38.3 Å². The van der Waals surface area contributed by atoms with Crippen LogP contribution in [0.2, 0.25) is 0 Å². The summed E-state index contributed by atoms with van der Waals surface area (Å²) in [5, 5.41) is 2.14. The molecule has 1 heterocycles. The van der Waals surface area contributed by atoms with Crippen LogP contribution in [-0.2, 0) is 0 Å². The summed E-state index contributed by atoms with van der Waals surface area (Å²) in [4.78, 5) is 3.99. The summed E-state index contributed by atoms with van der Waals surface area (Å²) < 4.78 is 1.22. The number of hydrogen-bond acceptors (Lipinski definition) is 3. The van der Waals surface area contributed by atoms with Crippen LogP contribution in [0.1, 0.15) is 37.1 Å². The molecular formula is C12H19BrN2S. The lowest BCUT2D eigenvalue weighted by Gasteiger charge is -2.30. The van der Waals surface area contributed by atoms with Gasteiger partial charge >= 0.3 is 0 Å². The quantitative estimate of drug-likeness (QED) is 0.873. The van der Waals surface area contributed by atoms with E-state index in [4.69, 9.17) is 5.73 Å². The van der Waals surface area contributed by atoms with Crippen LogP contribution >= 0.6 is 27.3 Å². The number of rotatable bonds is 6. The van der Waals surface area contributed by atoms with Gasteiger partial charge in [-0.3, -0.25) is 4.90 Å². The fourth-order valence-electron chi connectivity index (χ4n) is 2.19. The zero-order chi connectivity index (χ0) is 11.5. The second kappa shape index (κ2) is 5.63. The van der Waals surface area contributed by atoms with Gasteiger partial charge in [0.25, 0.3) is 0 Å². The highest BCUT2D eigenvalue weighted by molar-refractivity contribution is 9.10. The van der Waals surface area contributed by atoms with Gasteiger partial charge in [-0.1, -0.05) is 6.92 Å². The second-order valence-corrected chi connectivity index (χ2v) is 6.16. The summed E-state index contributed by atoms with van der Waals surface area (Å²) in [7, 11) is 0. The zero-order valence-electron chi connectivity index (χ0n) is 9.66. The van der Waals surface area contributed by atoms with Crippen LogP contribution < -0.4 is 5.73 Å². The molecule has 0 bridgehead atoms. The molecule has 1 aromatic heterocycles. The van der Waals surface area contributed by atoms with E-state index in [1.807, 2.05) is 11.3 Å². The minimum Gasteiger partial charge on any atom is -0.329 e. The van der Waals surface area contributed by atoms with Crippen molar-refractivity contribution in [2.24, 2.45) is 5.73 Å². The first kappa shape index (κ1) is 12.6. The molecule has 0 aromatic carbocycles. The minimum absolute atomic E-state index is 0.404. The highest BCUT2D eigenvalue weighted by Crippen LogP contribution is 2.38. The Morgan fingerprint density at radius 2 is 2.38 bits per heavy atom. The smallest absolute Gasteiger partial charge is 0.0578 e. The Morgan fingerprint density at radius 3 is 2.81 bits per heavy atom. The van der Waals surface area contributed by atoms with Crippen molar-refractivity contribution >= 4 is 27.3 Å². The molecule has 4 heteroatoms. The van der Waals surface area contributed by atoms with E-state index in [0.29, 0.717) is 6.04 Å². The third kappa shape index (κ3) is 2.67. The van der Waals surface area contributed by atoms with E-state index >= 15 is 0 Å². The molecule has 0 saturated heterocycles. The van der Waals surface area contributed by atoms with Gasteiger partial charge < -0.3 is 5.73 Å². The average Bonchev–Trinajstić information content (AvgIpc) is 3.03. The predicted molar refractivity (Wildman–Crippen MR) is 73.8 cm³/mol. The standard InChI is InChI=1S/C12H19BrN2S/c1-2-6-15(9-3-4-9)11(8-14)12-10(13)5-7-16-12/h5,7,9,11H,2-4,6,8,14H2,1H3. The Morgan fingerprint density at radius 1 is 1.62 bits per heavy atom. The number of nitrogens with zero attached hydrogens (tertiary/aromatic N) is 1. The first-order valence-electron chi connectivity index (χ1n) is 5.96. The molecule has 90 valence electrons. The van der Waals surface area contributed by atoms with Gasteiger partial charge in [-0.2, -0.15) is 0 Å². The van der Waals surface area contributed by atoms with E-state index < -0.39 is 0 Å². The predicted octanol–water partition coefficient (Wildman–Crippen LogP) is 3.38. The van der Waals surface area contributed by atoms with E-state index in [1.165, 1.54) is 28.6 Å². The fraction of sp³-hybridized carbons (Fsp3) is 0.667. The molecule has 1 unspecified atom stereocenters. The third-order valence-electron chi connectivity index (χ3n) is 3.07. The molecule has 16 heavy (non-hydrogen) atoms. The molecule has 1 saturated carbocycles. The first-order chi connectivity index (χ1) is 7.77. The van der Waals surface area contributed by atoms with Crippen molar-refractivity contribution < 1.29 is 0 Å². The molecule has 0 radical (unpaired) electrons. The minimum atomic E-state index is 0.404. The van der Waals surface area contributed by atoms with Crippen LogP contribution in [0, 0.1) is 0 Å². The molecule has 2 nitrogen and oxygen atoms in total. The maximum atomic E-state index is 5.97. The van der Waals surface area contributed by atoms with E-state index in [9.17, 15) is 0 Å². The molecule has 0 amide bonds. The molecule has 2 N–H and O–H groups in total. The van der Waals surface area contributed by atoms with Crippen LogP contribution in [0.5, 0.6) is 0 Å². The SMILES string of the molecule is CCCN(C1CC1)C(CN)c1sccc1Br. The number of thiophene rings is 1. The molecule has 0 spiro atoms. The van der Waals surface area contributed by atoms with Gasteiger partial charge in [-0.15, -0.1) is 11.3 Å². The summed E-state index contributed by atoms with van der Waals surface area (Å²) in [6.07, 6.45) is 3.90. The Labute approximate surface area is 110 Å². The number of hydrogen-bond donors (Lipinski definition) is 1. The van der Waals surface area contributed by atoms with Crippen molar-refractivity contribution in [1.82, 2.24) is 4.90 Å². The van der Waals surface area contributed by atoms with Crippen molar-refractivity contribution in [3.05, 3.63) is 20.8 Å². The second-order valence-electron chi connectivity index (χ2n) is 4.35. The molecule has 1 aliphatic rings. The van der Waals surface area contributed by atoms with Crippen LogP contribution in [0.4, 0.5) is 0 Å². The van der Waals surface area contributed by atoms with Gasteiger partial charge in [0.05, 0.1) is 6.04 Å². The molecular weight excluding hydrogens is 284 g/mol. The summed E-state index contributed by atoms with van der Waals surface area (Å²) in [6, 6.07) is 3.31. The van der Waals surface area contributed by atoms with Gasteiger partial charge in [0.15, 0.2) is 0 Å². The van der Waals surface area contributed by atoms with Crippen LogP contribution in [0.15, 0.2) is 15.9 Å². The topological polar surface area (TPSA) is 29.3 Å². The molecule has 1 aliphatic carbocycles. The van der Waals surface area contributed by atoms with Crippen LogP contribution in [0.3, 0.4) is 0 Å². The Bertz CT molecular complexity index is 336. The van der Waals surface area contributed by atoms with Gasteiger partial charge in [0, 0.05) is 21.9 Å². The Kier molecular flexibility index (Phi) is 4.41. The molecule has 1 fully saturated rings. The van der Waals surface area contributed by atoms with Crippen molar-refractivity contribution in [2.75, 3.05) is 13.1 Å². The fourth-order valence-corrected chi connectivity index (χ4v) is 3.97. The van der Waals surface area contributed by atoms with Crippen molar-refractivity contribution in [1.29, 1.82) is 0 Å². The summed E-state index contributed by atoms with van der Waals surface area (Å²) in [5.41, 5.74) is 5.97. The molecule has 1 aromatic rings. The summed E-state index contributed by atoms with van der Waals surface area (Å²) in [6.45, 7) is 4.12. The number of halogens is 1. The zero-order valence-corrected chi connectivity index (χ0v) is 12.1. The van der Waals surface area contributed by atoms with Crippen LogP contribution in [0.25, 0.3) is 0 Å². The first-order valence-corrected chi connectivity index (χ1v) is 7.63. The molecule has 2 rings (SSSR count). The van der Waals surface area contributed by atoms with E-state index in [2.05, 4.69) is 39.2 Å². The summed E-state index contributed by atoms with van der Waals surface area (Å²) in [5.74, 6) is 0. The van der Waals surface area contributed by atoms with Crippen molar-refractivity contribution in [3.63, 3.8) is 0 Å². The summed E-state index contributed by atoms with van der Waals surface area (Å²) >= 11 is 5.44. The van der Waals surface area contributed by atoms with E-state index in [0.717, 1.165) is 19.1 Å². The maximum Gasteiger partial charge on any atom is 0.0578 e. The Hall–Kier alpha value is 0.100. The lowest BCUT2D eigenvalue weighted by Crippen LogP contribution is -2.35. The van der Waals surface area contributed by atoms with E-state index in [1.54, 1.807) is 0 Å². The monoisotopic (exact) mass is 302 g/mol. The van der Waals surface area contributed by atoms with Crippen molar-refractivity contribution in [3.8, 4) is 0 Å². The largest absolute Gasteiger partial charge is 0.329 e. The normalized spacial score (nSPS) is 18.0. The van der Waals surface area contributed by atoms with Gasteiger partial charge in [0.1, 0.15) is 0 Å². The van der Waals surface area contributed by atoms with Gasteiger partial charge in [0.2, 0.25) is 0 Å². The lowest BCUT2D eigenvalue weighted by atomic mass is 10.2. The lowest BCUT2D eigenvalue weighted by molar-refractivity contribution is 0.193. The highest BCUT2D eigenvalue weighted by Gasteiger charge is 2.34. The van der Waals surface area contributed by atoms with Gasteiger partial charge in [-0.05, 0) is 53.2 Å². The Balaban J connectivity index is 2.16. The van der Waals surface area contributed by atoms with E-state index in [-0.39, 0.29) is 0 Å². The average molecular weight is 303 g/mol. The number of nitrogens with two attached hydrogens (primary N) is 1. The van der Waals surface area contributed by atoms with Crippen LogP contribution in [-0.4, -0.2) is 24.0 Å². The third-order valence-corrected chi connectivity index (χ3v) is 5.04. The molecule has 0 aliphatic heterocycles. The van der Waals surface area contributed by atoms with Gasteiger partial charge in [-0.25, -0.2) is 0 Å². The molecule has 1 atom stereocenters. The maximum absolute atomic E-state index is 5.97. The highest BCUT2D eigenvalue weighted by atomic mass is 79.9.